The number of fused-ring (bicyclic) bond motifs is 2. The fourth-order valence-corrected chi connectivity index (χ4v) is 4.65. The van der Waals surface area contributed by atoms with Crippen molar-refractivity contribution in [3.05, 3.63) is 0 Å². The average Bonchev–Trinajstić information content (AvgIpc) is 3.28. The van der Waals surface area contributed by atoms with Gasteiger partial charge in [-0.2, -0.15) is 0 Å². The molecule has 0 bridgehead atoms. The molecule has 134 valence electrons. The first kappa shape index (κ1) is 16.3. The second-order valence-corrected chi connectivity index (χ2v) is 7.92. The van der Waals surface area contributed by atoms with Crippen molar-refractivity contribution in [2.75, 3.05) is 52.6 Å². The van der Waals surface area contributed by atoms with Gasteiger partial charge in [-0.05, 0) is 12.8 Å². The van der Waals surface area contributed by atoms with Gasteiger partial charge in [-0.15, -0.1) is 0 Å². The lowest BCUT2D eigenvalue weighted by Crippen LogP contribution is -2.31. The van der Waals surface area contributed by atoms with Crippen molar-refractivity contribution in [3.8, 4) is 0 Å². The Labute approximate surface area is 143 Å². The molecule has 0 saturated carbocycles. The highest BCUT2D eigenvalue weighted by Gasteiger charge is 2.39. The number of ether oxygens (including phenoxy) is 2. The highest BCUT2D eigenvalue weighted by molar-refractivity contribution is 5.77. The zero-order chi connectivity index (χ0) is 16.5. The van der Waals surface area contributed by atoms with E-state index in [4.69, 9.17) is 9.47 Å². The minimum absolute atomic E-state index is 0.254. The topological polar surface area (TPSA) is 59.1 Å². The van der Waals surface area contributed by atoms with Gasteiger partial charge in [-0.25, -0.2) is 0 Å². The van der Waals surface area contributed by atoms with Gasteiger partial charge in [0.1, 0.15) is 0 Å². The molecule has 4 rings (SSSR count). The first-order valence-corrected chi connectivity index (χ1v) is 9.41. The van der Waals surface area contributed by atoms with Crippen LogP contribution in [-0.2, 0) is 19.1 Å². The molecule has 4 aliphatic rings. The molecule has 0 radical (unpaired) electrons. The van der Waals surface area contributed by atoms with Crippen molar-refractivity contribution in [2.45, 2.75) is 25.7 Å². The summed E-state index contributed by atoms with van der Waals surface area (Å²) in [6.07, 6.45) is 2.78. The predicted octanol–water partition coefficient (Wildman–Crippen LogP) is 0.756. The van der Waals surface area contributed by atoms with Crippen molar-refractivity contribution >= 4 is 11.8 Å². The van der Waals surface area contributed by atoms with Gasteiger partial charge in [0.2, 0.25) is 11.8 Å². The van der Waals surface area contributed by atoms with E-state index in [0.717, 1.165) is 65.4 Å². The molecule has 0 aromatic rings. The van der Waals surface area contributed by atoms with Crippen LogP contribution in [0, 0.1) is 23.7 Å². The van der Waals surface area contributed by atoms with Crippen LogP contribution in [0.4, 0.5) is 0 Å². The van der Waals surface area contributed by atoms with Crippen molar-refractivity contribution in [1.29, 1.82) is 0 Å². The maximum absolute atomic E-state index is 12.3. The summed E-state index contributed by atoms with van der Waals surface area (Å²) in [6.45, 7) is 6.69. The van der Waals surface area contributed by atoms with E-state index in [0.29, 0.717) is 36.5 Å². The zero-order valence-corrected chi connectivity index (χ0v) is 14.3. The molecule has 0 aromatic heterocycles. The molecule has 4 atom stereocenters. The molecule has 0 spiro atoms. The number of amides is 2. The summed E-state index contributed by atoms with van der Waals surface area (Å²) in [7, 11) is 0. The van der Waals surface area contributed by atoms with Crippen LogP contribution in [0.25, 0.3) is 0 Å². The molecule has 4 fully saturated rings. The summed E-state index contributed by atoms with van der Waals surface area (Å²) in [6, 6.07) is 0. The van der Waals surface area contributed by atoms with Gasteiger partial charge in [0.25, 0.3) is 0 Å². The average molecular weight is 336 g/mol. The Morgan fingerprint density at radius 3 is 1.33 bits per heavy atom. The second-order valence-electron chi connectivity index (χ2n) is 7.92. The Bertz CT molecular complexity index is 429. The van der Waals surface area contributed by atoms with Crippen molar-refractivity contribution in [3.63, 3.8) is 0 Å². The Balaban J connectivity index is 1.12. The largest absolute Gasteiger partial charge is 0.381 e. The summed E-state index contributed by atoms with van der Waals surface area (Å²) >= 11 is 0. The monoisotopic (exact) mass is 336 g/mol. The number of carbonyl (C=O) groups excluding carboxylic acids is 2. The maximum atomic E-state index is 12.3. The summed E-state index contributed by atoms with van der Waals surface area (Å²) in [4.78, 5) is 28.6. The van der Waals surface area contributed by atoms with Gasteiger partial charge in [-0.3, -0.25) is 9.59 Å². The molecule has 4 heterocycles. The van der Waals surface area contributed by atoms with Gasteiger partial charge in [0.05, 0.1) is 26.4 Å². The van der Waals surface area contributed by atoms with Gasteiger partial charge in [0.15, 0.2) is 0 Å². The normalized spacial score (nSPS) is 34.7. The van der Waals surface area contributed by atoms with E-state index >= 15 is 0 Å². The Morgan fingerprint density at radius 1 is 0.667 bits per heavy atom. The van der Waals surface area contributed by atoms with Crippen LogP contribution in [0.1, 0.15) is 25.7 Å². The molecule has 6 heteroatoms. The lowest BCUT2D eigenvalue weighted by atomic mass is 10.0. The van der Waals surface area contributed by atoms with E-state index < -0.39 is 0 Å². The predicted molar refractivity (Wildman–Crippen MR) is 87.2 cm³/mol. The molecule has 4 unspecified atom stereocenters. The minimum atomic E-state index is 0.254. The molecule has 0 N–H and O–H groups in total. The molecule has 24 heavy (non-hydrogen) atoms. The second kappa shape index (κ2) is 7.00. The third-order valence-electron chi connectivity index (χ3n) is 6.22. The van der Waals surface area contributed by atoms with Crippen LogP contribution in [0.5, 0.6) is 0 Å². The first-order chi connectivity index (χ1) is 11.7. The molecule has 2 amide bonds. The van der Waals surface area contributed by atoms with Crippen molar-refractivity contribution in [1.82, 2.24) is 9.80 Å². The van der Waals surface area contributed by atoms with E-state index in [1.807, 2.05) is 9.80 Å². The third kappa shape index (κ3) is 3.31. The number of nitrogens with zero attached hydrogens (tertiary/aromatic N) is 2. The Morgan fingerprint density at radius 2 is 1.00 bits per heavy atom. The van der Waals surface area contributed by atoms with Crippen LogP contribution in [0.2, 0.25) is 0 Å². The number of hydrogen-bond donors (Lipinski definition) is 0. The van der Waals surface area contributed by atoms with Crippen LogP contribution < -0.4 is 0 Å². The fourth-order valence-electron chi connectivity index (χ4n) is 4.65. The molecule has 0 aromatic carbocycles. The molecule has 0 aliphatic carbocycles. The number of hydrogen-bond acceptors (Lipinski definition) is 4. The lowest BCUT2D eigenvalue weighted by Gasteiger charge is -2.18. The van der Waals surface area contributed by atoms with E-state index in [1.54, 1.807) is 0 Å². The molecule has 4 saturated heterocycles. The molecular weight excluding hydrogens is 308 g/mol. The summed E-state index contributed by atoms with van der Waals surface area (Å²) in [5.41, 5.74) is 0. The van der Waals surface area contributed by atoms with Crippen LogP contribution >= 0.6 is 0 Å². The summed E-state index contributed by atoms with van der Waals surface area (Å²) < 4.78 is 10.9. The first-order valence-electron chi connectivity index (χ1n) is 9.41. The van der Waals surface area contributed by atoms with Crippen LogP contribution in [0.15, 0.2) is 0 Å². The van der Waals surface area contributed by atoms with E-state index in [9.17, 15) is 9.59 Å². The number of carbonyl (C=O) groups is 2. The highest BCUT2D eigenvalue weighted by Crippen LogP contribution is 2.30. The van der Waals surface area contributed by atoms with Crippen molar-refractivity contribution < 1.29 is 19.1 Å². The number of rotatable bonds is 5. The van der Waals surface area contributed by atoms with Crippen molar-refractivity contribution in [2.24, 2.45) is 23.7 Å². The van der Waals surface area contributed by atoms with Crippen LogP contribution in [0.3, 0.4) is 0 Å². The van der Waals surface area contributed by atoms with Gasteiger partial charge < -0.3 is 19.3 Å². The van der Waals surface area contributed by atoms with Gasteiger partial charge in [-0.1, -0.05) is 0 Å². The lowest BCUT2D eigenvalue weighted by molar-refractivity contribution is -0.132. The summed E-state index contributed by atoms with van der Waals surface area (Å²) in [5.74, 6) is 2.71. The minimum Gasteiger partial charge on any atom is -0.381 e. The summed E-state index contributed by atoms with van der Waals surface area (Å²) in [5, 5.41) is 0. The molecule has 6 nitrogen and oxygen atoms in total. The number of unbranched alkanes of at least 4 members (excludes halogenated alkanes) is 1. The maximum Gasteiger partial charge on any atom is 0.222 e. The quantitative estimate of drug-likeness (QED) is 0.696. The van der Waals surface area contributed by atoms with Crippen LogP contribution in [-0.4, -0.2) is 74.2 Å². The Kier molecular flexibility index (Phi) is 4.77. The van der Waals surface area contributed by atoms with E-state index in [-0.39, 0.29) is 11.8 Å². The van der Waals surface area contributed by atoms with E-state index in [2.05, 4.69) is 0 Å². The van der Waals surface area contributed by atoms with E-state index in [1.165, 1.54) is 0 Å². The van der Waals surface area contributed by atoms with Gasteiger partial charge >= 0.3 is 0 Å². The standard InChI is InChI=1S/C18H28N2O4/c21-17(19-5-13-9-23-10-14(13)6-19)3-1-2-4-18(22)20-7-15-11-24-12-16(15)8-20/h13-16H,1-12H2. The Hall–Kier alpha value is -1.14. The molecule has 4 aliphatic heterocycles. The molecular formula is C18H28N2O4. The third-order valence-corrected chi connectivity index (χ3v) is 6.22. The van der Waals surface area contributed by atoms with Gasteiger partial charge in [0, 0.05) is 62.7 Å². The fraction of sp³-hybridized carbons (Fsp3) is 0.889. The number of likely N-dealkylation sites (tertiary alicyclic amines) is 2. The zero-order valence-electron chi connectivity index (χ0n) is 14.3. The smallest absolute Gasteiger partial charge is 0.222 e. The SMILES string of the molecule is O=C(CCCCC(=O)N1CC2COCC2C1)N1CC2COCC2C1. The highest BCUT2D eigenvalue weighted by atomic mass is 16.5.